The molecule has 0 aliphatic heterocycles. The largest absolute Gasteiger partial charge is 0.313 e. The molecule has 76 valence electrons. The predicted molar refractivity (Wildman–Crippen MR) is 63.4 cm³/mol. The Morgan fingerprint density at radius 2 is 2.00 bits per heavy atom. The molecule has 14 heavy (non-hydrogen) atoms. The fourth-order valence-electron chi connectivity index (χ4n) is 1.28. The lowest BCUT2D eigenvalue weighted by atomic mass is 10.2. The average Bonchev–Trinajstić information content (AvgIpc) is 2.25. The lowest BCUT2D eigenvalue weighted by molar-refractivity contribution is 0.790. The minimum Gasteiger partial charge on any atom is -0.313 e. The molecule has 0 fully saturated rings. The molecule has 0 bridgehead atoms. The highest BCUT2D eigenvalue weighted by atomic mass is 28.3. The van der Waals surface area contributed by atoms with Crippen LogP contribution in [0.25, 0.3) is 6.08 Å². The zero-order chi connectivity index (χ0) is 10.2. The van der Waals surface area contributed by atoms with Crippen molar-refractivity contribution in [3.05, 3.63) is 41.6 Å². The second-order valence-corrected chi connectivity index (χ2v) is 5.42. The third-order valence-electron chi connectivity index (χ3n) is 2.13. The van der Waals surface area contributed by atoms with E-state index in [0.29, 0.717) is 0 Å². The zero-order valence-corrected chi connectivity index (χ0v) is 9.77. The van der Waals surface area contributed by atoms with Crippen molar-refractivity contribution in [3.63, 3.8) is 0 Å². The molecule has 0 aliphatic carbocycles. The second-order valence-electron chi connectivity index (χ2n) is 3.43. The van der Waals surface area contributed by atoms with Crippen molar-refractivity contribution in [1.82, 2.24) is 0 Å². The number of unbranched alkanes of at least 4 members (excludes halogenated alkanes) is 1. The average molecular weight is 208 g/mol. The van der Waals surface area contributed by atoms with Crippen LogP contribution in [0.2, 0.25) is 6.04 Å². The second kappa shape index (κ2) is 6.54. The fourth-order valence-corrected chi connectivity index (χ4v) is 2.70. The molecule has 0 heterocycles. The monoisotopic (exact) mass is 208 g/mol. The van der Waals surface area contributed by atoms with Gasteiger partial charge in [-0.2, -0.15) is 0 Å². The van der Waals surface area contributed by atoms with Crippen LogP contribution in [-0.2, 0) is 0 Å². The Morgan fingerprint density at radius 3 is 2.64 bits per heavy atom. The van der Waals surface area contributed by atoms with Crippen molar-refractivity contribution in [2.24, 2.45) is 0 Å². The van der Waals surface area contributed by atoms with Crippen LogP contribution < -0.4 is 0 Å². The molecule has 1 unspecified atom stereocenters. The first-order chi connectivity index (χ1) is 6.83. The van der Waals surface area contributed by atoms with Gasteiger partial charge in [0.25, 0.3) is 9.13 Å². The summed E-state index contributed by atoms with van der Waals surface area (Å²) in [6.07, 6.45) is 4.02. The Bertz CT molecular complexity index is 269. The molecule has 0 saturated heterocycles. The van der Waals surface area contributed by atoms with E-state index in [4.69, 9.17) is 0 Å². The number of benzene rings is 1. The summed E-state index contributed by atoms with van der Waals surface area (Å²) >= 11 is 0. The van der Waals surface area contributed by atoms with Gasteiger partial charge in [0.1, 0.15) is 0 Å². The molecule has 0 aliphatic rings. The maximum absolute atomic E-state index is 13.3. The first kappa shape index (κ1) is 11.2. The smallest absolute Gasteiger partial charge is 0.255 e. The van der Waals surface area contributed by atoms with E-state index < -0.39 is 9.13 Å². The quantitative estimate of drug-likeness (QED) is 0.511. The lowest BCUT2D eigenvalue weighted by Crippen LogP contribution is -1.99. The molecular weight excluding hydrogens is 191 g/mol. The Kier molecular flexibility index (Phi) is 5.23. The van der Waals surface area contributed by atoms with E-state index in [9.17, 15) is 4.11 Å². The molecule has 1 atom stereocenters. The first-order valence-corrected chi connectivity index (χ1v) is 7.12. The summed E-state index contributed by atoms with van der Waals surface area (Å²) in [5.74, 6) is 0. The van der Waals surface area contributed by atoms with E-state index in [1.165, 1.54) is 0 Å². The van der Waals surface area contributed by atoms with Gasteiger partial charge in [-0.3, -0.25) is 0 Å². The van der Waals surface area contributed by atoms with E-state index >= 15 is 0 Å². The molecule has 0 aromatic heterocycles. The number of hydrogen-bond donors (Lipinski definition) is 0. The number of halogens is 1. The number of hydrogen-bond acceptors (Lipinski definition) is 0. The Hall–Kier alpha value is -0.893. The molecule has 1 aromatic carbocycles. The van der Waals surface area contributed by atoms with Gasteiger partial charge in [0.05, 0.1) is 0 Å². The molecule has 0 spiro atoms. The zero-order valence-electron chi connectivity index (χ0n) is 8.62. The molecule has 1 aromatic rings. The van der Waals surface area contributed by atoms with Gasteiger partial charge in [0.2, 0.25) is 0 Å². The Balaban J connectivity index is 2.39. The van der Waals surface area contributed by atoms with Gasteiger partial charge in [-0.25, -0.2) is 0 Å². The first-order valence-electron chi connectivity index (χ1n) is 5.20. The molecular formula is C12H17FSi. The highest BCUT2D eigenvalue weighted by molar-refractivity contribution is 6.57. The summed E-state index contributed by atoms with van der Waals surface area (Å²) in [6, 6.07) is 10.7. The Morgan fingerprint density at radius 1 is 1.29 bits per heavy atom. The van der Waals surface area contributed by atoms with Crippen LogP contribution >= 0.6 is 0 Å². The van der Waals surface area contributed by atoms with Gasteiger partial charge in [0.15, 0.2) is 0 Å². The van der Waals surface area contributed by atoms with Crippen LogP contribution in [0.1, 0.15) is 25.3 Å². The van der Waals surface area contributed by atoms with Crippen LogP contribution in [0.15, 0.2) is 36.0 Å². The molecule has 0 radical (unpaired) electrons. The molecule has 1 rings (SSSR count). The molecule has 0 N–H and O–H groups in total. The van der Waals surface area contributed by atoms with E-state index in [2.05, 4.69) is 6.92 Å². The highest BCUT2D eigenvalue weighted by Crippen LogP contribution is 2.07. The van der Waals surface area contributed by atoms with E-state index in [-0.39, 0.29) is 0 Å². The maximum atomic E-state index is 13.3. The van der Waals surface area contributed by atoms with Gasteiger partial charge in [0, 0.05) is 0 Å². The van der Waals surface area contributed by atoms with Crippen molar-refractivity contribution in [3.8, 4) is 0 Å². The molecule has 0 nitrogen and oxygen atoms in total. The summed E-state index contributed by atoms with van der Waals surface area (Å²) in [4.78, 5) is 0. The van der Waals surface area contributed by atoms with Crippen LogP contribution in [0, 0.1) is 0 Å². The molecule has 0 saturated carbocycles. The minimum absolute atomic E-state index is 0.778. The topological polar surface area (TPSA) is 0 Å². The van der Waals surface area contributed by atoms with Crippen molar-refractivity contribution in [1.29, 1.82) is 0 Å². The lowest BCUT2D eigenvalue weighted by Gasteiger charge is -1.98. The van der Waals surface area contributed by atoms with Crippen LogP contribution in [0.4, 0.5) is 4.11 Å². The molecule has 0 amide bonds. The summed E-state index contributed by atoms with van der Waals surface area (Å²) < 4.78 is 13.3. The summed E-state index contributed by atoms with van der Waals surface area (Å²) in [6.45, 7) is 2.10. The minimum atomic E-state index is -2.07. The van der Waals surface area contributed by atoms with E-state index in [1.807, 2.05) is 36.4 Å². The van der Waals surface area contributed by atoms with Crippen LogP contribution in [0.5, 0.6) is 0 Å². The normalized spacial score (nSPS) is 13.3. The van der Waals surface area contributed by atoms with Gasteiger partial charge < -0.3 is 4.11 Å². The standard InChI is InChI=1S/C12H17FSi/c1-2-3-10-14(13)11-9-12-7-5-4-6-8-12/h4-9,11,14H,2-3,10H2,1H3. The predicted octanol–water partition coefficient (Wildman–Crippen LogP) is 3.73. The Labute approximate surface area is 87.2 Å². The van der Waals surface area contributed by atoms with Gasteiger partial charge >= 0.3 is 0 Å². The number of rotatable bonds is 5. The summed E-state index contributed by atoms with van der Waals surface area (Å²) in [5.41, 5.74) is 2.88. The van der Waals surface area contributed by atoms with Crippen molar-refractivity contribution in [2.45, 2.75) is 25.8 Å². The highest BCUT2D eigenvalue weighted by Gasteiger charge is 2.02. The van der Waals surface area contributed by atoms with Gasteiger partial charge in [-0.1, -0.05) is 61.9 Å². The van der Waals surface area contributed by atoms with Crippen LogP contribution in [0.3, 0.4) is 0 Å². The maximum Gasteiger partial charge on any atom is 0.255 e. The SMILES string of the molecule is CCCC[SiH](F)C=Cc1ccccc1. The molecule has 2 heteroatoms. The summed E-state index contributed by atoms with van der Waals surface area (Å²) in [7, 11) is -2.07. The third-order valence-corrected chi connectivity index (χ3v) is 3.70. The third kappa shape index (κ3) is 4.37. The summed E-state index contributed by atoms with van der Waals surface area (Å²) in [5, 5.41) is 0. The van der Waals surface area contributed by atoms with Gasteiger partial charge in [-0.15, -0.1) is 0 Å². The fraction of sp³-hybridized carbons (Fsp3) is 0.333. The van der Waals surface area contributed by atoms with Crippen molar-refractivity contribution in [2.75, 3.05) is 0 Å². The van der Waals surface area contributed by atoms with E-state index in [0.717, 1.165) is 24.4 Å². The van der Waals surface area contributed by atoms with Gasteiger partial charge in [-0.05, 0) is 11.6 Å². The van der Waals surface area contributed by atoms with Crippen LogP contribution in [-0.4, -0.2) is 9.13 Å². The van der Waals surface area contributed by atoms with E-state index in [1.54, 1.807) is 5.70 Å². The van der Waals surface area contributed by atoms with Crippen molar-refractivity contribution >= 4 is 15.2 Å². The van der Waals surface area contributed by atoms with Crippen molar-refractivity contribution < 1.29 is 4.11 Å².